The number of para-hydroxylation sites is 3. The van der Waals surface area contributed by atoms with Gasteiger partial charge in [-0.25, -0.2) is 15.0 Å². The first-order valence-electron chi connectivity index (χ1n) is 12.6. The van der Waals surface area contributed by atoms with Crippen LogP contribution in [0.25, 0.3) is 66.6 Å². The summed E-state index contributed by atoms with van der Waals surface area (Å²) in [5.41, 5.74) is 8.17. The summed E-state index contributed by atoms with van der Waals surface area (Å²) in [6.07, 6.45) is 3.78. The van der Waals surface area contributed by atoms with Crippen LogP contribution in [0.5, 0.6) is 0 Å². The van der Waals surface area contributed by atoms with Gasteiger partial charge in [0, 0.05) is 27.4 Å². The fourth-order valence-electron chi connectivity index (χ4n) is 5.53. The number of hydrogen-bond acceptors (Lipinski definition) is 3. The number of benzene rings is 4. The molecule has 8 aromatic rings. The molecule has 0 saturated carbocycles. The molecule has 4 aromatic heterocycles. The molecule has 0 unspecified atom stereocenters. The average molecular weight is 488 g/mol. The molecule has 0 bridgehead atoms. The van der Waals surface area contributed by atoms with E-state index < -0.39 is 0 Å². The Morgan fingerprint density at radius 3 is 1.82 bits per heavy atom. The largest absolute Gasteiger partial charge is 0.308 e. The van der Waals surface area contributed by atoms with Gasteiger partial charge in [-0.1, -0.05) is 84.9 Å². The Morgan fingerprint density at radius 1 is 0.474 bits per heavy atom. The van der Waals surface area contributed by atoms with Crippen LogP contribution in [-0.4, -0.2) is 24.1 Å². The maximum Gasteiger partial charge on any atom is 0.159 e. The normalized spacial score (nSPS) is 11.7. The highest BCUT2D eigenvalue weighted by Gasteiger charge is 2.19. The number of pyridine rings is 1. The van der Waals surface area contributed by atoms with Gasteiger partial charge in [0.15, 0.2) is 5.82 Å². The highest BCUT2D eigenvalue weighted by atomic mass is 15.1. The summed E-state index contributed by atoms with van der Waals surface area (Å²) in [5.74, 6) is 0.705. The van der Waals surface area contributed by atoms with E-state index in [2.05, 4.69) is 88.0 Å². The van der Waals surface area contributed by atoms with Gasteiger partial charge in [-0.15, -0.1) is 0 Å². The summed E-state index contributed by atoms with van der Waals surface area (Å²) in [6.45, 7) is 0. The lowest BCUT2D eigenvalue weighted by Gasteiger charge is -2.08. The average Bonchev–Trinajstić information content (AvgIpc) is 3.49. The van der Waals surface area contributed by atoms with Crippen molar-refractivity contribution < 1.29 is 0 Å². The van der Waals surface area contributed by atoms with Crippen LogP contribution in [-0.2, 0) is 0 Å². The molecule has 0 N–H and O–H groups in total. The van der Waals surface area contributed by atoms with Crippen molar-refractivity contribution in [3.05, 3.63) is 128 Å². The van der Waals surface area contributed by atoms with Gasteiger partial charge in [0.1, 0.15) is 5.65 Å². The van der Waals surface area contributed by atoms with Crippen molar-refractivity contribution in [2.24, 2.45) is 0 Å². The minimum atomic E-state index is 0.705. The Labute approximate surface area is 218 Å². The van der Waals surface area contributed by atoms with E-state index in [4.69, 9.17) is 15.0 Å². The summed E-state index contributed by atoms with van der Waals surface area (Å²) in [4.78, 5) is 14.8. The summed E-state index contributed by atoms with van der Waals surface area (Å²) < 4.78 is 4.48. The van der Waals surface area contributed by atoms with Crippen LogP contribution in [0.15, 0.2) is 128 Å². The highest BCUT2D eigenvalue weighted by Crippen LogP contribution is 2.37. The molecule has 5 nitrogen and oxygen atoms in total. The lowest BCUT2D eigenvalue weighted by atomic mass is 10.2. The fourth-order valence-corrected chi connectivity index (χ4v) is 5.53. The van der Waals surface area contributed by atoms with Gasteiger partial charge >= 0.3 is 0 Å². The Balaban J connectivity index is 1.44. The lowest BCUT2D eigenvalue weighted by Crippen LogP contribution is -1.99. The van der Waals surface area contributed by atoms with Crippen LogP contribution in [0.1, 0.15) is 0 Å². The number of rotatable bonds is 3. The molecule has 4 heterocycles. The Hall–Kier alpha value is -5.29. The van der Waals surface area contributed by atoms with Crippen molar-refractivity contribution in [2.75, 3.05) is 0 Å². The number of hydrogen-bond donors (Lipinski definition) is 0. The van der Waals surface area contributed by atoms with E-state index in [1.165, 1.54) is 0 Å². The van der Waals surface area contributed by atoms with E-state index in [0.29, 0.717) is 5.82 Å². The van der Waals surface area contributed by atoms with Crippen LogP contribution >= 0.6 is 0 Å². The van der Waals surface area contributed by atoms with E-state index >= 15 is 0 Å². The Kier molecular flexibility index (Phi) is 4.45. The van der Waals surface area contributed by atoms with Gasteiger partial charge in [0.2, 0.25) is 0 Å². The number of nitrogens with zero attached hydrogens (tertiary/aromatic N) is 5. The molecular formula is C33H21N5. The first kappa shape index (κ1) is 20.9. The van der Waals surface area contributed by atoms with Crippen molar-refractivity contribution in [3.8, 4) is 22.8 Å². The predicted octanol–water partition coefficient (Wildman–Crippen LogP) is 7.73. The molecule has 4 aromatic carbocycles. The third-order valence-electron chi connectivity index (χ3n) is 7.21. The molecule has 0 aliphatic heterocycles. The van der Waals surface area contributed by atoms with Gasteiger partial charge < -0.3 is 4.57 Å². The van der Waals surface area contributed by atoms with E-state index in [1.807, 2.05) is 48.8 Å². The van der Waals surface area contributed by atoms with Crippen molar-refractivity contribution in [3.63, 3.8) is 0 Å². The Morgan fingerprint density at radius 2 is 1.08 bits per heavy atom. The molecule has 0 atom stereocenters. The molecule has 178 valence electrons. The van der Waals surface area contributed by atoms with Crippen molar-refractivity contribution in [1.82, 2.24) is 24.1 Å². The van der Waals surface area contributed by atoms with Crippen LogP contribution < -0.4 is 0 Å². The second-order valence-electron chi connectivity index (χ2n) is 9.40. The van der Waals surface area contributed by atoms with Crippen molar-refractivity contribution >= 4 is 43.9 Å². The third-order valence-corrected chi connectivity index (χ3v) is 7.21. The maximum atomic E-state index is 5.33. The summed E-state index contributed by atoms with van der Waals surface area (Å²) in [6, 6.07) is 39.7. The molecular weight excluding hydrogens is 466 g/mol. The van der Waals surface area contributed by atoms with E-state index in [0.717, 1.165) is 60.8 Å². The molecule has 0 aliphatic carbocycles. The lowest BCUT2D eigenvalue weighted by molar-refractivity contribution is 1.07. The zero-order chi connectivity index (χ0) is 25.1. The number of fused-ring (bicyclic) bond motifs is 6. The van der Waals surface area contributed by atoms with Gasteiger partial charge in [0.25, 0.3) is 0 Å². The summed E-state index contributed by atoms with van der Waals surface area (Å²) in [5, 5.41) is 3.37. The maximum absolute atomic E-state index is 5.33. The molecule has 0 radical (unpaired) electrons. The SMILES string of the molecule is c1ccc(-c2ncc(-n3c4ccccc4c4cc5c(nc43)c3ccccc3n5-c3ccccc3)cn2)cc1. The van der Waals surface area contributed by atoms with Crippen LogP contribution in [0.4, 0.5) is 0 Å². The Bertz CT molecular complexity index is 2110. The van der Waals surface area contributed by atoms with Crippen molar-refractivity contribution in [2.45, 2.75) is 0 Å². The van der Waals surface area contributed by atoms with Gasteiger partial charge in [-0.05, 0) is 30.3 Å². The molecule has 0 amide bonds. The molecule has 0 fully saturated rings. The highest BCUT2D eigenvalue weighted by molar-refractivity contribution is 6.15. The molecule has 0 aliphatic rings. The zero-order valence-electron chi connectivity index (χ0n) is 20.4. The summed E-state index contributed by atoms with van der Waals surface area (Å²) >= 11 is 0. The molecule has 5 heteroatoms. The molecule has 8 rings (SSSR count). The second kappa shape index (κ2) is 8.11. The van der Waals surface area contributed by atoms with Crippen molar-refractivity contribution in [1.29, 1.82) is 0 Å². The predicted molar refractivity (Wildman–Crippen MR) is 154 cm³/mol. The third kappa shape index (κ3) is 3.02. The summed E-state index contributed by atoms with van der Waals surface area (Å²) in [7, 11) is 0. The number of aromatic nitrogens is 5. The van der Waals surface area contributed by atoms with E-state index in [-0.39, 0.29) is 0 Å². The van der Waals surface area contributed by atoms with Gasteiger partial charge in [-0.2, -0.15) is 0 Å². The van der Waals surface area contributed by atoms with E-state index in [9.17, 15) is 0 Å². The van der Waals surface area contributed by atoms with Gasteiger partial charge in [0.05, 0.1) is 40.1 Å². The first-order valence-corrected chi connectivity index (χ1v) is 12.6. The second-order valence-corrected chi connectivity index (χ2v) is 9.40. The van der Waals surface area contributed by atoms with Crippen LogP contribution in [0.3, 0.4) is 0 Å². The van der Waals surface area contributed by atoms with E-state index in [1.54, 1.807) is 0 Å². The van der Waals surface area contributed by atoms with Gasteiger partial charge in [-0.3, -0.25) is 4.57 Å². The molecule has 0 saturated heterocycles. The quantitative estimate of drug-likeness (QED) is 0.256. The standard InChI is InChI=1S/C33H21N5/c1-3-11-22(12-4-1)32-34-20-24(21-35-32)38-28-17-9-7-15-25(28)27-19-30-31(36-33(27)38)26-16-8-10-18-29(26)37(30)23-13-5-2-6-14-23/h1-21H. The molecule has 38 heavy (non-hydrogen) atoms. The minimum absolute atomic E-state index is 0.705. The van der Waals surface area contributed by atoms with Crippen LogP contribution in [0, 0.1) is 0 Å². The topological polar surface area (TPSA) is 48.5 Å². The zero-order valence-corrected chi connectivity index (χ0v) is 20.4. The first-order chi connectivity index (χ1) is 18.9. The molecule has 0 spiro atoms. The smallest absolute Gasteiger partial charge is 0.159 e. The fraction of sp³-hybridized carbons (Fsp3) is 0. The monoisotopic (exact) mass is 487 g/mol. The minimum Gasteiger partial charge on any atom is -0.308 e. The van der Waals surface area contributed by atoms with Crippen LogP contribution in [0.2, 0.25) is 0 Å².